The van der Waals surface area contributed by atoms with E-state index in [1.807, 2.05) is 6.92 Å². The lowest BCUT2D eigenvalue weighted by Gasteiger charge is -2.45. The fourth-order valence-corrected chi connectivity index (χ4v) is 5.44. The number of benzene rings is 1. The van der Waals surface area contributed by atoms with Crippen molar-refractivity contribution in [2.45, 2.75) is 89.4 Å². The van der Waals surface area contributed by atoms with Crippen LogP contribution in [0.3, 0.4) is 0 Å². The van der Waals surface area contributed by atoms with E-state index in [-0.39, 0.29) is 18.1 Å². The number of nitrogen functional groups attached to an aromatic ring is 1. The maximum absolute atomic E-state index is 13.1. The highest BCUT2D eigenvalue weighted by molar-refractivity contribution is 6.34. The van der Waals surface area contributed by atoms with Gasteiger partial charge in [-0.25, -0.2) is 0 Å². The number of carbonyl (C=O) groups is 1. The van der Waals surface area contributed by atoms with Crippen LogP contribution in [-0.2, 0) is 0 Å². The van der Waals surface area contributed by atoms with Crippen LogP contribution in [0.15, 0.2) is 6.07 Å². The van der Waals surface area contributed by atoms with Crippen molar-refractivity contribution < 1.29 is 14.3 Å². The van der Waals surface area contributed by atoms with Gasteiger partial charge in [-0.1, -0.05) is 37.8 Å². The second-order valence-corrected chi connectivity index (χ2v) is 9.41. The highest BCUT2D eigenvalue weighted by Crippen LogP contribution is 2.44. The number of nitrogens with two attached hydrogens (primary N) is 1. The van der Waals surface area contributed by atoms with Crippen molar-refractivity contribution in [1.29, 1.82) is 0 Å². The van der Waals surface area contributed by atoms with Crippen molar-refractivity contribution in [3.8, 4) is 11.5 Å². The molecule has 3 atom stereocenters. The van der Waals surface area contributed by atoms with Crippen molar-refractivity contribution in [3.63, 3.8) is 0 Å². The molecule has 3 N–H and O–H groups in total. The number of nitrogens with one attached hydrogen (secondary N) is 1. The first-order valence-corrected chi connectivity index (χ1v) is 11.8. The molecular weight excluding hydrogens is 402 g/mol. The SMILES string of the molecule is CCC1CC(NC(=O)c2cc(Cl)c(N)c3c2OCC(C)O3)CCN1C1CCCCC1. The zero-order valence-corrected chi connectivity index (χ0v) is 18.8. The van der Waals surface area contributed by atoms with Gasteiger partial charge in [0.05, 0.1) is 16.3 Å². The van der Waals surface area contributed by atoms with Crippen molar-refractivity contribution in [2.24, 2.45) is 0 Å². The second kappa shape index (κ2) is 9.23. The predicted octanol–water partition coefficient (Wildman–Crippen LogP) is 4.39. The van der Waals surface area contributed by atoms with Gasteiger partial charge in [-0.05, 0) is 45.1 Å². The summed E-state index contributed by atoms with van der Waals surface area (Å²) < 4.78 is 11.6. The van der Waals surface area contributed by atoms with Crippen LogP contribution in [0.25, 0.3) is 0 Å². The van der Waals surface area contributed by atoms with E-state index < -0.39 is 0 Å². The number of anilines is 1. The van der Waals surface area contributed by atoms with Gasteiger partial charge in [0.2, 0.25) is 0 Å². The molecule has 30 heavy (non-hydrogen) atoms. The monoisotopic (exact) mass is 435 g/mol. The Morgan fingerprint density at radius 3 is 2.77 bits per heavy atom. The van der Waals surface area contributed by atoms with E-state index in [4.69, 9.17) is 26.8 Å². The molecule has 0 bridgehead atoms. The Bertz CT molecular complexity index is 781. The average molecular weight is 436 g/mol. The maximum Gasteiger partial charge on any atom is 0.255 e. The molecule has 2 aliphatic heterocycles. The highest BCUT2D eigenvalue weighted by atomic mass is 35.5. The zero-order chi connectivity index (χ0) is 21.3. The summed E-state index contributed by atoms with van der Waals surface area (Å²) >= 11 is 6.29. The van der Waals surface area contributed by atoms with Crippen molar-refractivity contribution >= 4 is 23.2 Å². The summed E-state index contributed by atoms with van der Waals surface area (Å²) in [6, 6.07) is 2.99. The van der Waals surface area contributed by atoms with Crippen molar-refractivity contribution in [2.75, 3.05) is 18.9 Å². The maximum atomic E-state index is 13.1. The van der Waals surface area contributed by atoms with E-state index >= 15 is 0 Å². The third-order valence-electron chi connectivity index (χ3n) is 6.86. The third-order valence-corrected chi connectivity index (χ3v) is 7.17. The third kappa shape index (κ3) is 4.35. The highest BCUT2D eigenvalue weighted by Gasteiger charge is 2.34. The van der Waals surface area contributed by atoms with Gasteiger partial charge in [-0.15, -0.1) is 0 Å². The first kappa shape index (κ1) is 21.6. The van der Waals surface area contributed by atoms with E-state index in [9.17, 15) is 4.79 Å². The molecule has 1 saturated heterocycles. The first-order valence-electron chi connectivity index (χ1n) is 11.5. The number of ether oxygens (including phenoxy) is 2. The van der Waals surface area contributed by atoms with Crippen LogP contribution >= 0.6 is 11.6 Å². The Morgan fingerprint density at radius 2 is 2.03 bits per heavy atom. The fourth-order valence-electron chi connectivity index (χ4n) is 5.25. The molecule has 1 aromatic rings. The molecule has 166 valence electrons. The second-order valence-electron chi connectivity index (χ2n) is 9.00. The van der Waals surface area contributed by atoms with Crippen molar-refractivity contribution in [1.82, 2.24) is 10.2 Å². The van der Waals surface area contributed by atoms with Gasteiger partial charge in [0.15, 0.2) is 11.5 Å². The molecule has 3 unspecified atom stereocenters. The molecule has 4 rings (SSSR count). The van der Waals surface area contributed by atoms with E-state index in [1.54, 1.807) is 6.07 Å². The molecule has 0 spiro atoms. The van der Waals surface area contributed by atoms with Crippen molar-refractivity contribution in [3.05, 3.63) is 16.7 Å². The minimum Gasteiger partial charge on any atom is -0.485 e. The molecule has 1 aromatic carbocycles. The van der Waals surface area contributed by atoms with E-state index in [0.29, 0.717) is 40.4 Å². The van der Waals surface area contributed by atoms with Crippen LogP contribution in [-0.4, -0.2) is 48.2 Å². The molecule has 2 heterocycles. The van der Waals surface area contributed by atoms with Crippen LogP contribution in [0.4, 0.5) is 5.69 Å². The first-order chi connectivity index (χ1) is 14.5. The lowest BCUT2D eigenvalue weighted by atomic mass is 9.88. The van der Waals surface area contributed by atoms with Gasteiger partial charge >= 0.3 is 0 Å². The summed E-state index contributed by atoms with van der Waals surface area (Å²) in [5.74, 6) is 0.612. The topological polar surface area (TPSA) is 76.8 Å². The standard InChI is InChI=1S/C23H34ClN3O3/c1-3-16-11-15(9-10-27(16)17-7-5-4-6-8-17)26-23(28)18-12-19(24)20(25)22-21(18)29-13-14(2)30-22/h12,14-17H,3-11,13,25H2,1-2H3,(H,26,28). The van der Waals surface area contributed by atoms with Crippen LogP contribution < -0.4 is 20.5 Å². The van der Waals surface area contributed by atoms with Gasteiger partial charge in [0.25, 0.3) is 5.91 Å². The minimum absolute atomic E-state index is 0.136. The van der Waals surface area contributed by atoms with E-state index in [1.165, 1.54) is 32.1 Å². The molecule has 7 heteroatoms. The summed E-state index contributed by atoms with van der Waals surface area (Å²) in [5.41, 5.74) is 6.79. The quantitative estimate of drug-likeness (QED) is 0.686. The number of piperidine rings is 1. The summed E-state index contributed by atoms with van der Waals surface area (Å²) in [4.78, 5) is 15.9. The number of amides is 1. The molecule has 1 aliphatic carbocycles. The number of carbonyl (C=O) groups excluding carboxylic acids is 1. The lowest BCUT2D eigenvalue weighted by Crippen LogP contribution is -2.53. The van der Waals surface area contributed by atoms with Crippen LogP contribution in [0.1, 0.15) is 75.6 Å². The zero-order valence-electron chi connectivity index (χ0n) is 18.1. The molecule has 0 radical (unpaired) electrons. The number of hydrogen-bond donors (Lipinski definition) is 2. The Morgan fingerprint density at radius 1 is 1.27 bits per heavy atom. The fraction of sp³-hybridized carbons (Fsp3) is 0.696. The number of likely N-dealkylation sites (tertiary alicyclic amines) is 1. The number of hydrogen-bond acceptors (Lipinski definition) is 5. The molecule has 6 nitrogen and oxygen atoms in total. The Balaban J connectivity index is 1.46. The summed E-state index contributed by atoms with van der Waals surface area (Å²) in [6.07, 6.45) is 9.64. The molecule has 2 fully saturated rings. The normalized spacial score (nSPS) is 27.6. The summed E-state index contributed by atoms with van der Waals surface area (Å²) in [7, 11) is 0. The average Bonchev–Trinajstić information content (AvgIpc) is 2.76. The molecular formula is C23H34ClN3O3. The van der Waals surface area contributed by atoms with Crippen LogP contribution in [0.2, 0.25) is 5.02 Å². The van der Waals surface area contributed by atoms with E-state index in [2.05, 4.69) is 17.1 Å². The number of halogens is 1. The molecule has 1 saturated carbocycles. The molecule has 3 aliphatic rings. The summed E-state index contributed by atoms with van der Waals surface area (Å²) in [6.45, 7) is 5.58. The van der Waals surface area contributed by atoms with E-state index in [0.717, 1.165) is 31.8 Å². The predicted molar refractivity (Wildman–Crippen MR) is 120 cm³/mol. The van der Waals surface area contributed by atoms with Gasteiger partial charge in [0, 0.05) is 24.7 Å². The van der Waals surface area contributed by atoms with Gasteiger partial charge < -0.3 is 20.5 Å². The Hall–Kier alpha value is -1.66. The largest absolute Gasteiger partial charge is 0.485 e. The minimum atomic E-state index is -0.169. The lowest BCUT2D eigenvalue weighted by molar-refractivity contribution is 0.0537. The van der Waals surface area contributed by atoms with Gasteiger partial charge in [0.1, 0.15) is 12.7 Å². The molecule has 1 amide bonds. The number of rotatable bonds is 4. The van der Waals surface area contributed by atoms with Gasteiger partial charge in [-0.3, -0.25) is 9.69 Å². The smallest absolute Gasteiger partial charge is 0.255 e. The Kier molecular flexibility index (Phi) is 6.63. The number of fused-ring (bicyclic) bond motifs is 1. The van der Waals surface area contributed by atoms with Crippen LogP contribution in [0, 0.1) is 0 Å². The van der Waals surface area contributed by atoms with Crippen LogP contribution in [0.5, 0.6) is 11.5 Å². The number of nitrogens with zero attached hydrogens (tertiary/aromatic N) is 1. The Labute approximate surface area is 184 Å². The summed E-state index contributed by atoms with van der Waals surface area (Å²) in [5, 5.41) is 3.55. The van der Waals surface area contributed by atoms with Gasteiger partial charge in [-0.2, -0.15) is 0 Å². The molecule has 0 aromatic heterocycles.